The minimum atomic E-state index is 0.261. The van der Waals surface area contributed by atoms with Gasteiger partial charge >= 0.3 is 0 Å². The number of nitrogens with zero attached hydrogens (tertiary/aromatic N) is 4. The molecule has 2 aliphatic carbocycles. The summed E-state index contributed by atoms with van der Waals surface area (Å²) in [5, 5.41) is 1.22. The highest BCUT2D eigenvalue weighted by Crippen LogP contribution is 2.44. The molecule has 3 aromatic heterocycles. The van der Waals surface area contributed by atoms with Crippen molar-refractivity contribution in [2.24, 2.45) is 10.9 Å². The molecule has 1 aliphatic heterocycles. The predicted octanol–water partition coefficient (Wildman–Crippen LogP) is 9.07. The Kier molecular flexibility index (Phi) is 5.70. The van der Waals surface area contributed by atoms with Crippen molar-refractivity contribution in [3.8, 4) is 5.69 Å². The van der Waals surface area contributed by atoms with Crippen molar-refractivity contribution in [2.75, 3.05) is 0 Å². The second-order valence-electron chi connectivity index (χ2n) is 11.9. The standard InChI is InChI=1S/C37H34N4/c1-24-19-21-39-36-30-9-4-5-10-32(30)40(37(24)36)28-16-13-26(14-17-28)23-27-15-18-31(25(2)22-27)41-33-11-6-3-8-29(33)35-34(41)12-7-20-38-35/h3,5-8,10-18,20-22,24-25,31H,4,9,19,23H2,1-2H3. The van der Waals surface area contributed by atoms with E-state index in [4.69, 9.17) is 9.98 Å². The lowest BCUT2D eigenvalue weighted by Gasteiger charge is -2.26. The van der Waals surface area contributed by atoms with Crippen LogP contribution in [0.3, 0.4) is 0 Å². The molecule has 41 heavy (non-hydrogen) atoms. The maximum absolute atomic E-state index is 4.86. The number of hydrogen-bond acceptors (Lipinski definition) is 2. The molecule has 202 valence electrons. The Bertz CT molecular complexity index is 1870. The molecule has 0 saturated carbocycles. The molecular weight excluding hydrogens is 500 g/mol. The molecule has 4 heterocycles. The summed E-state index contributed by atoms with van der Waals surface area (Å²) >= 11 is 0. The Morgan fingerprint density at radius 1 is 0.927 bits per heavy atom. The van der Waals surface area contributed by atoms with Crippen molar-refractivity contribution in [3.05, 3.63) is 119 Å². The summed E-state index contributed by atoms with van der Waals surface area (Å²) in [4.78, 5) is 9.59. The molecule has 0 spiro atoms. The maximum Gasteiger partial charge on any atom is 0.0959 e. The lowest BCUT2D eigenvalue weighted by molar-refractivity contribution is 0.506. The fourth-order valence-electron chi connectivity index (χ4n) is 7.24. The summed E-state index contributed by atoms with van der Waals surface area (Å²) in [7, 11) is 0. The van der Waals surface area contributed by atoms with Gasteiger partial charge in [-0.15, -0.1) is 0 Å². The number of rotatable bonds is 4. The van der Waals surface area contributed by atoms with E-state index in [1.807, 2.05) is 12.3 Å². The van der Waals surface area contributed by atoms with E-state index in [2.05, 4.69) is 114 Å². The van der Waals surface area contributed by atoms with Gasteiger partial charge in [0.1, 0.15) is 0 Å². The Hall–Kier alpha value is -4.44. The fourth-order valence-corrected chi connectivity index (χ4v) is 7.24. The first-order chi connectivity index (χ1) is 20.2. The molecule has 3 unspecified atom stereocenters. The van der Waals surface area contributed by atoms with Crippen LogP contribution < -0.4 is 0 Å². The number of hydrogen-bond donors (Lipinski definition) is 0. The molecule has 8 rings (SSSR count). The Morgan fingerprint density at radius 3 is 2.66 bits per heavy atom. The SMILES string of the molecule is CC1CC=Nc2c3c(n(-c4ccc(CC5=CC(C)C(n6c7ccccc7c7ncccc76)C=C5)cc4)c21)C=CCC3. The van der Waals surface area contributed by atoms with Crippen molar-refractivity contribution in [1.29, 1.82) is 0 Å². The second kappa shape index (κ2) is 9.59. The highest BCUT2D eigenvalue weighted by Gasteiger charge is 2.28. The Labute approximate surface area is 241 Å². The van der Waals surface area contributed by atoms with Crippen LogP contribution in [-0.4, -0.2) is 20.3 Å². The Balaban J connectivity index is 1.08. The zero-order chi connectivity index (χ0) is 27.5. The third kappa shape index (κ3) is 3.88. The van der Waals surface area contributed by atoms with E-state index in [-0.39, 0.29) is 6.04 Å². The number of allylic oxidation sites excluding steroid dienone is 5. The van der Waals surface area contributed by atoms with Gasteiger partial charge in [0.05, 0.1) is 39.7 Å². The molecule has 4 heteroatoms. The van der Waals surface area contributed by atoms with Crippen LogP contribution in [0.2, 0.25) is 0 Å². The molecule has 0 fully saturated rings. The first kappa shape index (κ1) is 24.4. The van der Waals surface area contributed by atoms with Gasteiger partial charge < -0.3 is 9.13 Å². The van der Waals surface area contributed by atoms with Crippen LogP contribution in [-0.2, 0) is 12.8 Å². The van der Waals surface area contributed by atoms with Gasteiger partial charge in [-0.1, -0.05) is 68.5 Å². The average molecular weight is 535 g/mol. The molecule has 4 nitrogen and oxygen atoms in total. The molecule has 0 N–H and O–H groups in total. The summed E-state index contributed by atoms with van der Waals surface area (Å²) in [5.74, 6) is 0.846. The normalized spacial score (nSPS) is 21.3. The van der Waals surface area contributed by atoms with E-state index in [0.29, 0.717) is 11.8 Å². The first-order valence-electron chi connectivity index (χ1n) is 15.0. The minimum Gasteiger partial charge on any atom is -0.332 e. The van der Waals surface area contributed by atoms with Gasteiger partial charge in [0, 0.05) is 35.0 Å². The monoisotopic (exact) mass is 534 g/mol. The fraction of sp³-hybridized carbons (Fsp3) is 0.243. The third-order valence-electron chi connectivity index (χ3n) is 9.19. The minimum absolute atomic E-state index is 0.261. The summed E-state index contributed by atoms with van der Waals surface area (Å²) < 4.78 is 4.94. The summed E-state index contributed by atoms with van der Waals surface area (Å²) in [5.41, 5.74) is 12.8. The summed E-state index contributed by atoms with van der Waals surface area (Å²) in [6.07, 6.45) is 19.9. The van der Waals surface area contributed by atoms with Crippen LogP contribution in [0.1, 0.15) is 61.2 Å². The lowest BCUT2D eigenvalue weighted by atomic mass is 9.90. The first-order valence-corrected chi connectivity index (χ1v) is 15.0. The molecule has 3 atom stereocenters. The number of pyridine rings is 1. The number of fused-ring (bicyclic) bond motifs is 6. The van der Waals surface area contributed by atoms with Crippen LogP contribution in [0.5, 0.6) is 0 Å². The predicted molar refractivity (Wildman–Crippen MR) is 171 cm³/mol. The van der Waals surface area contributed by atoms with Crippen molar-refractivity contribution in [1.82, 2.24) is 14.1 Å². The number of aromatic nitrogens is 3. The van der Waals surface area contributed by atoms with Gasteiger partial charge in [0.2, 0.25) is 0 Å². The molecule has 0 amide bonds. The quantitative estimate of drug-likeness (QED) is 0.226. The second-order valence-corrected chi connectivity index (χ2v) is 11.9. The average Bonchev–Trinajstić information content (AvgIpc) is 3.52. The topological polar surface area (TPSA) is 35.1 Å². The maximum atomic E-state index is 4.86. The van der Waals surface area contributed by atoms with Crippen molar-refractivity contribution >= 4 is 39.9 Å². The van der Waals surface area contributed by atoms with Crippen LogP contribution in [0.25, 0.3) is 33.7 Å². The van der Waals surface area contributed by atoms with Crippen LogP contribution in [0.4, 0.5) is 5.69 Å². The zero-order valence-electron chi connectivity index (χ0n) is 23.7. The third-order valence-corrected chi connectivity index (χ3v) is 9.19. The van der Waals surface area contributed by atoms with Crippen LogP contribution >= 0.6 is 0 Å². The number of aliphatic imine (C=N–C) groups is 1. The summed E-state index contributed by atoms with van der Waals surface area (Å²) in [6, 6.07) is 22.4. The smallest absolute Gasteiger partial charge is 0.0959 e. The molecule has 0 saturated heterocycles. The lowest BCUT2D eigenvalue weighted by Crippen LogP contribution is -2.17. The van der Waals surface area contributed by atoms with Gasteiger partial charge in [-0.3, -0.25) is 9.98 Å². The van der Waals surface area contributed by atoms with E-state index < -0.39 is 0 Å². The van der Waals surface area contributed by atoms with Crippen molar-refractivity contribution < 1.29 is 0 Å². The van der Waals surface area contributed by atoms with Gasteiger partial charge in [-0.05, 0) is 79.1 Å². The van der Waals surface area contributed by atoms with Crippen LogP contribution in [0, 0.1) is 5.92 Å². The number of para-hydroxylation sites is 1. The van der Waals surface area contributed by atoms with E-state index in [0.717, 1.165) is 31.2 Å². The highest BCUT2D eigenvalue weighted by molar-refractivity contribution is 6.05. The van der Waals surface area contributed by atoms with Crippen molar-refractivity contribution in [3.63, 3.8) is 0 Å². The molecule has 2 aromatic carbocycles. The van der Waals surface area contributed by atoms with Crippen LogP contribution in [0.15, 0.2) is 102 Å². The van der Waals surface area contributed by atoms with Gasteiger partial charge in [0.25, 0.3) is 0 Å². The van der Waals surface area contributed by atoms with Gasteiger partial charge in [-0.25, -0.2) is 0 Å². The molecule has 3 aliphatic rings. The van der Waals surface area contributed by atoms with E-state index in [1.54, 1.807) is 0 Å². The molecule has 0 bridgehead atoms. The largest absolute Gasteiger partial charge is 0.332 e. The van der Waals surface area contributed by atoms with Gasteiger partial charge in [-0.2, -0.15) is 0 Å². The highest BCUT2D eigenvalue weighted by atomic mass is 15.0. The molecule has 0 radical (unpaired) electrons. The van der Waals surface area contributed by atoms with E-state index in [9.17, 15) is 0 Å². The van der Waals surface area contributed by atoms with Gasteiger partial charge in [0.15, 0.2) is 0 Å². The Morgan fingerprint density at radius 2 is 1.78 bits per heavy atom. The molecule has 5 aromatic rings. The number of benzene rings is 2. The van der Waals surface area contributed by atoms with Crippen molar-refractivity contribution in [2.45, 2.75) is 51.5 Å². The molecular formula is C37H34N4. The van der Waals surface area contributed by atoms with E-state index in [1.165, 1.54) is 55.9 Å². The zero-order valence-corrected chi connectivity index (χ0v) is 23.7. The summed E-state index contributed by atoms with van der Waals surface area (Å²) in [6.45, 7) is 4.67. The van der Waals surface area contributed by atoms with E-state index >= 15 is 0 Å².